The summed E-state index contributed by atoms with van der Waals surface area (Å²) in [6.45, 7) is 2.30. The smallest absolute Gasteiger partial charge is 0.0602 e. The van der Waals surface area contributed by atoms with Gasteiger partial charge in [0.1, 0.15) is 0 Å². The van der Waals surface area contributed by atoms with Gasteiger partial charge in [-0.1, -0.05) is 18.2 Å². The van der Waals surface area contributed by atoms with Gasteiger partial charge in [0.05, 0.1) is 0 Å². The van der Waals surface area contributed by atoms with Gasteiger partial charge >= 0.3 is 182 Å². The molecule has 4 aromatic rings. The maximum absolute atomic E-state index is 6.14. The summed E-state index contributed by atoms with van der Waals surface area (Å²) in [6, 6.07) is 34.0. The topological polar surface area (TPSA) is 24.9 Å². The van der Waals surface area contributed by atoms with Gasteiger partial charge in [0.2, 0.25) is 0 Å². The minimum atomic E-state index is -0.508. The summed E-state index contributed by atoms with van der Waals surface area (Å²) in [4.78, 5) is 2.26. The third kappa shape index (κ3) is 3.77. The van der Waals surface area contributed by atoms with Crippen LogP contribution in [-0.2, 0) is 13.1 Å². The van der Waals surface area contributed by atoms with Crippen molar-refractivity contribution in [1.29, 1.82) is 0 Å². The van der Waals surface area contributed by atoms with Gasteiger partial charge in [-0.3, -0.25) is 0 Å². The molecular weight excluding hydrogens is 511 g/mol. The second-order valence-electron chi connectivity index (χ2n) is 7.95. The second-order valence-corrected chi connectivity index (χ2v) is 9.95. The number of hydrogen-bond acceptors (Lipinski definition) is 4. The van der Waals surface area contributed by atoms with Crippen molar-refractivity contribution in [2.75, 3.05) is 14.7 Å². The van der Waals surface area contributed by atoms with Crippen LogP contribution in [0.3, 0.4) is 0 Å². The monoisotopic (exact) mass is 533 g/mol. The molecule has 0 atom stereocenters. The number of anilines is 2. The van der Waals surface area contributed by atoms with E-state index in [4.69, 9.17) is 7.80 Å². The van der Waals surface area contributed by atoms with Crippen LogP contribution in [0, 0.1) is 0 Å². The van der Waals surface area contributed by atoms with Gasteiger partial charge in [-0.05, 0) is 0 Å². The van der Waals surface area contributed by atoms with Crippen LogP contribution in [0.4, 0.5) is 11.4 Å². The molecule has 4 nitrogen and oxygen atoms in total. The van der Waals surface area contributed by atoms with Crippen molar-refractivity contribution >= 4 is 11.4 Å². The van der Waals surface area contributed by atoms with E-state index in [9.17, 15) is 0 Å². The van der Waals surface area contributed by atoms with Crippen LogP contribution in [0.5, 0.6) is 11.5 Å². The maximum atomic E-state index is 6.14. The number of para-hydroxylation sites is 2. The van der Waals surface area contributed by atoms with E-state index in [0.29, 0.717) is 6.73 Å². The van der Waals surface area contributed by atoms with Gasteiger partial charge in [-0.2, -0.15) is 0 Å². The molecule has 32 heavy (non-hydrogen) atoms. The Morgan fingerprint density at radius 2 is 1.25 bits per heavy atom. The number of ether oxygens (including phenoxy) is 1. The zero-order chi connectivity index (χ0) is 21.3. The molecular formula is C27H22IN2O2-. The standard InChI is InChI=1S/C27H22IN2O2/c1-3-7-24(8-4-1)29-17-22-15-20(11-13-26(22)31-19-29)21-12-14-27-23(16-21)18-30(28-32-27)25-9-5-2-6-10-25/h1-16H,17-19H2/q-1. The average Bonchev–Trinajstić information content (AvgIpc) is 2.88. The van der Waals surface area contributed by atoms with E-state index in [1.807, 2.05) is 6.07 Å². The van der Waals surface area contributed by atoms with E-state index in [2.05, 4.69) is 99.0 Å². The van der Waals surface area contributed by atoms with Crippen LogP contribution >= 0.6 is 0 Å². The van der Waals surface area contributed by atoms with Gasteiger partial charge in [-0.15, -0.1) is 0 Å². The fourth-order valence-corrected chi connectivity index (χ4v) is 6.09. The fraction of sp³-hybridized carbons (Fsp3) is 0.111. The zero-order valence-electron chi connectivity index (χ0n) is 17.4. The number of benzene rings is 4. The van der Waals surface area contributed by atoms with Crippen LogP contribution in [-0.4, -0.2) is 6.73 Å². The molecule has 2 aliphatic heterocycles. The molecule has 4 aromatic carbocycles. The molecule has 0 amide bonds. The molecule has 6 rings (SSSR count). The van der Waals surface area contributed by atoms with Crippen molar-refractivity contribution in [3.05, 3.63) is 108 Å². The molecule has 2 aliphatic rings. The second kappa shape index (κ2) is 8.39. The minimum Gasteiger partial charge on any atom is -0.0602 e. The van der Waals surface area contributed by atoms with Gasteiger partial charge in [0.25, 0.3) is 0 Å². The van der Waals surface area contributed by atoms with Crippen LogP contribution in [0.2, 0.25) is 0 Å². The molecule has 0 bridgehead atoms. The van der Waals surface area contributed by atoms with Crippen molar-refractivity contribution in [3.8, 4) is 22.6 Å². The molecule has 0 aliphatic carbocycles. The predicted molar refractivity (Wildman–Crippen MR) is 123 cm³/mol. The summed E-state index contributed by atoms with van der Waals surface area (Å²) in [6.07, 6.45) is 0. The summed E-state index contributed by atoms with van der Waals surface area (Å²) in [7, 11) is 0. The Bertz CT molecular complexity index is 1150. The quantitative estimate of drug-likeness (QED) is 0.299. The Balaban J connectivity index is 1.28. The number of halogens is 1. The van der Waals surface area contributed by atoms with Crippen molar-refractivity contribution in [3.63, 3.8) is 0 Å². The summed E-state index contributed by atoms with van der Waals surface area (Å²) < 4.78 is 14.5. The Kier molecular flexibility index (Phi) is 5.11. The van der Waals surface area contributed by atoms with E-state index >= 15 is 0 Å². The summed E-state index contributed by atoms with van der Waals surface area (Å²) in [5, 5.41) is 0. The third-order valence-corrected chi connectivity index (χ3v) is 7.90. The van der Waals surface area contributed by atoms with Crippen LogP contribution < -0.4 is 37.7 Å². The zero-order valence-corrected chi connectivity index (χ0v) is 19.6. The summed E-state index contributed by atoms with van der Waals surface area (Å²) in [5.41, 5.74) is 7.26. The molecule has 0 fully saturated rings. The average molecular weight is 533 g/mol. The molecule has 0 spiro atoms. The number of nitrogens with zero attached hydrogens (tertiary/aromatic N) is 2. The SMILES string of the molecule is c1ccc(N2COc3ccc(-c4ccc5c(c4)CN(c4ccccc4)[I-]O5)cc3C2)cc1. The van der Waals surface area contributed by atoms with E-state index in [1.54, 1.807) is 0 Å². The normalized spacial score (nSPS) is 15.0. The molecule has 0 radical (unpaired) electrons. The molecule has 2 heterocycles. The molecule has 0 N–H and O–H groups in total. The van der Waals surface area contributed by atoms with Crippen LogP contribution in [0.15, 0.2) is 97.1 Å². The fourth-order valence-electron chi connectivity index (χ4n) is 4.16. The summed E-state index contributed by atoms with van der Waals surface area (Å²) in [5.74, 6) is 1.99. The van der Waals surface area contributed by atoms with Gasteiger partial charge in [0, 0.05) is 0 Å². The van der Waals surface area contributed by atoms with Crippen molar-refractivity contribution < 1.29 is 29.7 Å². The van der Waals surface area contributed by atoms with E-state index < -0.39 is 21.9 Å². The molecule has 0 aromatic heterocycles. The molecule has 160 valence electrons. The predicted octanol–water partition coefficient (Wildman–Crippen LogP) is 3.03. The Morgan fingerprint density at radius 3 is 1.97 bits per heavy atom. The van der Waals surface area contributed by atoms with Gasteiger partial charge < -0.3 is 0 Å². The Morgan fingerprint density at radius 1 is 0.625 bits per heavy atom. The van der Waals surface area contributed by atoms with Crippen LogP contribution in [0.1, 0.15) is 11.1 Å². The van der Waals surface area contributed by atoms with Crippen LogP contribution in [0.25, 0.3) is 11.1 Å². The molecule has 0 unspecified atom stereocenters. The summed E-state index contributed by atoms with van der Waals surface area (Å²) >= 11 is -0.508. The minimum absolute atomic E-state index is 0.508. The third-order valence-electron chi connectivity index (χ3n) is 5.86. The molecule has 0 saturated heterocycles. The Hall–Kier alpha value is -3.19. The van der Waals surface area contributed by atoms with Crippen molar-refractivity contribution in [2.24, 2.45) is 0 Å². The van der Waals surface area contributed by atoms with E-state index in [1.165, 1.54) is 33.6 Å². The van der Waals surface area contributed by atoms with Crippen molar-refractivity contribution in [1.82, 2.24) is 0 Å². The first-order valence-corrected chi connectivity index (χ1v) is 12.5. The number of rotatable bonds is 3. The van der Waals surface area contributed by atoms with E-state index in [0.717, 1.165) is 24.6 Å². The first-order valence-electron chi connectivity index (χ1n) is 10.7. The molecule has 0 saturated carbocycles. The number of hydrogen-bond donors (Lipinski definition) is 0. The Labute approximate surface area is 199 Å². The van der Waals surface area contributed by atoms with Gasteiger partial charge in [-0.25, -0.2) is 0 Å². The van der Waals surface area contributed by atoms with Gasteiger partial charge in [0.15, 0.2) is 0 Å². The van der Waals surface area contributed by atoms with E-state index in [-0.39, 0.29) is 0 Å². The number of fused-ring (bicyclic) bond motifs is 2. The molecule has 5 heteroatoms. The van der Waals surface area contributed by atoms with Crippen molar-refractivity contribution in [2.45, 2.75) is 13.1 Å². The first-order chi connectivity index (χ1) is 15.8. The first kappa shape index (κ1) is 19.5.